The average molecular weight is 1080 g/mol. The summed E-state index contributed by atoms with van der Waals surface area (Å²) in [7, 11) is 0. The Labute approximate surface area is 454 Å². The van der Waals surface area contributed by atoms with Crippen molar-refractivity contribution < 1.29 is 58.7 Å². The zero-order valence-corrected chi connectivity index (χ0v) is 44.4. The third kappa shape index (κ3) is 15.2. The van der Waals surface area contributed by atoms with E-state index in [1.807, 2.05) is 48.5 Å². The zero-order valence-electron chi connectivity index (χ0n) is 44.4. The second kappa shape index (κ2) is 27.8. The van der Waals surface area contributed by atoms with Gasteiger partial charge >= 0.3 is 6.03 Å². The minimum Gasteiger partial charge on any atom is -0.508 e. The fourth-order valence-electron chi connectivity index (χ4n) is 10.1. The van der Waals surface area contributed by atoms with E-state index in [-0.39, 0.29) is 82.4 Å². The van der Waals surface area contributed by atoms with Crippen molar-refractivity contribution in [3.63, 3.8) is 0 Å². The normalized spacial score (nSPS) is 23.2. The van der Waals surface area contributed by atoms with Crippen molar-refractivity contribution in [2.45, 2.75) is 133 Å². The van der Waals surface area contributed by atoms with Crippen molar-refractivity contribution in [3.05, 3.63) is 108 Å². The summed E-state index contributed by atoms with van der Waals surface area (Å²) in [6, 6.07) is 21.1. The molecule has 8 amide bonds. The van der Waals surface area contributed by atoms with E-state index in [0.29, 0.717) is 13.0 Å². The van der Waals surface area contributed by atoms with Crippen LogP contribution in [0.4, 0.5) is 4.79 Å². The second-order valence-electron chi connectivity index (χ2n) is 20.4. The van der Waals surface area contributed by atoms with E-state index in [1.165, 1.54) is 24.0 Å². The van der Waals surface area contributed by atoms with Crippen LogP contribution in [0, 0.1) is 0 Å². The Morgan fingerprint density at radius 2 is 1.32 bits per heavy atom. The molecule has 20 nitrogen and oxygen atoms in total. The summed E-state index contributed by atoms with van der Waals surface area (Å²) in [5.74, 6) is -3.80. The number of nitrogens with two attached hydrogens (primary N) is 1. The summed E-state index contributed by atoms with van der Waals surface area (Å²) in [6.45, 7) is 3.33. The van der Waals surface area contributed by atoms with Crippen molar-refractivity contribution >= 4 is 41.5 Å². The molecule has 0 aliphatic carbocycles. The van der Waals surface area contributed by atoms with E-state index in [2.05, 4.69) is 28.2 Å². The molecule has 8 atom stereocenters. The van der Waals surface area contributed by atoms with Crippen LogP contribution in [0.25, 0.3) is 22.3 Å². The van der Waals surface area contributed by atoms with Crippen LogP contribution < -0.4 is 31.7 Å². The number of carbonyl (C=O) groups is 7. The first-order valence-corrected chi connectivity index (χ1v) is 27.1. The van der Waals surface area contributed by atoms with E-state index in [0.717, 1.165) is 62.6 Å². The number of amides is 8. The van der Waals surface area contributed by atoms with Crippen molar-refractivity contribution in [3.8, 4) is 33.8 Å². The number of aliphatic hydroxyl groups excluding tert-OH is 3. The first kappa shape index (κ1) is 58.3. The molecule has 0 spiro atoms. The van der Waals surface area contributed by atoms with Gasteiger partial charge in [-0.05, 0) is 123 Å². The minimum absolute atomic E-state index is 0.0112. The van der Waals surface area contributed by atoms with Crippen LogP contribution >= 0.6 is 0 Å². The molecule has 0 bridgehead atoms. The minimum atomic E-state index is -1.70. The number of rotatable bonds is 17. The Morgan fingerprint density at radius 3 is 1.92 bits per heavy atom. The van der Waals surface area contributed by atoms with E-state index in [9.17, 15) is 54.0 Å². The summed E-state index contributed by atoms with van der Waals surface area (Å²) >= 11 is 0. The largest absolute Gasteiger partial charge is 0.508 e. The highest BCUT2D eigenvalue weighted by Gasteiger charge is 2.47. The number of fused-ring (bicyclic) bond motifs is 2. The van der Waals surface area contributed by atoms with Gasteiger partial charge in [-0.1, -0.05) is 80.4 Å². The Kier molecular flexibility index (Phi) is 20.8. The summed E-state index contributed by atoms with van der Waals surface area (Å²) in [5.41, 5.74) is 10.6. The third-order valence-electron chi connectivity index (χ3n) is 14.5. The topological polar surface area (TPSA) is 293 Å². The molecule has 78 heavy (non-hydrogen) atoms. The smallest absolute Gasteiger partial charge is 0.324 e. The van der Waals surface area contributed by atoms with Gasteiger partial charge in [-0.15, -0.1) is 0 Å². The molecule has 4 aromatic carbocycles. The number of hydrogen-bond acceptors (Lipinski definition) is 13. The molecule has 4 aromatic rings. The summed E-state index contributed by atoms with van der Waals surface area (Å²) in [6.07, 6.45) is -0.242. The summed E-state index contributed by atoms with van der Waals surface area (Å²) < 4.78 is 5.86. The highest BCUT2D eigenvalue weighted by molar-refractivity contribution is 6.02. The Bertz CT molecular complexity index is 2690. The van der Waals surface area contributed by atoms with Crippen LogP contribution in [0.2, 0.25) is 0 Å². The number of hydrogen-bond donors (Lipinski definition) is 9. The van der Waals surface area contributed by atoms with Gasteiger partial charge in [0.2, 0.25) is 23.6 Å². The quantitative estimate of drug-likeness (QED) is 0.0687. The Hall–Kier alpha value is -7.39. The number of nitrogens with zero attached hydrogens (tertiary/aromatic N) is 3. The number of aryl methyl sites for hydroxylation is 1. The number of imide groups is 1. The molecule has 0 saturated carbocycles. The van der Waals surface area contributed by atoms with Gasteiger partial charge in [0.15, 0.2) is 0 Å². The fourth-order valence-corrected chi connectivity index (χ4v) is 10.1. The molecule has 3 fully saturated rings. The van der Waals surface area contributed by atoms with Crippen molar-refractivity contribution in [1.82, 2.24) is 36.0 Å². The van der Waals surface area contributed by atoms with E-state index < -0.39 is 96.5 Å². The molecule has 3 saturated heterocycles. The van der Waals surface area contributed by atoms with Gasteiger partial charge in [0.05, 0.1) is 24.9 Å². The maximum atomic E-state index is 14.8. The average Bonchev–Trinajstić information content (AvgIpc) is 4.05. The number of benzene rings is 4. The van der Waals surface area contributed by atoms with Gasteiger partial charge < -0.3 is 62.0 Å². The first-order chi connectivity index (χ1) is 37.5. The van der Waals surface area contributed by atoms with Gasteiger partial charge in [-0.3, -0.25) is 33.7 Å². The Balaban J connectivity index is 1.12. The van der Waals surface area contributed by atoms with E-state index in [1.54, 1.807) is 36.4 Å². The van der Waals surface area contributed by atoms with Gasteiger partial charge in [0.25, 0.3) is 11.8 Å². The molecule has 10 N–H and O–H groups in total. The lowest BCUT2D eigenvalue weighted by Gasteiger charge is -2.34. The number of ether oxygens (including phenoxy) is 1. The lowest BCUT2D eigenvalue weighted by Crippen LogP contribution is -2.61. The van der Waals surface area contributed by atoms with Crippen LogP contribution in [0.3, 0.4) is 0 Å². The summed E-state index contributed by atoms with van der Waals surface area (Å²) in [5, 5.41) is 53.5. The molecular weight excluding hydrogens is 1000 g/mol. The van der Waals surface area contributed by atoms with Gasteiger partial charge in [-0.2, -0.15) is 0 Å². The molecule has 0 radical (unpaired) electrons. The lowest BCUT2D eigenvalue weighted by molar-refractivity contribution is -0.146. The monoisotopic (exact) mass is 1070 g/mol. The molecule has 3 heterocycles. The SMILES string of the molecule is CCCCCOc1ccc(-c2ccc(-c3ccc(C(=O)N[C@H]4CCCNC(=O)[C@@H]5CC(O)CN5C(=O)[C@H](CCCN)NC(=O)N(CCCc5ccc(O)cc5)C(=O)[C@@H]5C[C@@H](O)CN5C(=O)[C@H]([C@@H](C)O)NC4=O)cc3)cc2)cc1. The molecular formula is C58H74N8O12. The number of nitrogens with one attached hydrogen (secondary N) is 4. The predicted octanol–water partition coefficient (Wildman–Crippen LogP) is 3.37. The lowest BCUT2D eigenvalue weighted by atomic mass is 9.99. The molecule has 3 aliphatic heterocycles. The number of unbranched alkanes of at least 4 members (excludes halogenated alkanes) is 2. The van der Waals surface area contributed by atoms with Crippen LogP contribution in [0.1, 0.15) is 94.0 Å². The third-order valence-corrected chi connectivity index (χ3v) is 14.5. The molecule has 418 valence electrons. The highest BCUT2D eigenvalue weighted by atomic mass is 16.5. The van der Waals surface area contributed by atoms with Crippen molar-refractivity contribution in [2.75, 3.05) is 39.3 Å². The maximum absolute atomic E-state index is 14.8. The molecule has 7 rings (SSSR count). The second-order valence-corrected chi connectivity index (χ2v) is 20.4. The molecule has 1 unspecified atom stereocenters. The fraction of sp³-hybridized carbons (Fsp3) is 0.466. The van der Waals surface area contributed by atoms with E-state index in [4.69, 9.17) is 10.5 Å². The molecule has 0 aromatic heterocycles. The number of carbonyl (C=O) groups excluding carboxylic acids is 7. The number of phenols is 1. The van der Waals surface area contributed by atoms with Crippen LogP contribution in [0.15, 0.2) is 97.1 Å². The van der Waals surface area contributed by atoms with Gasteiger partial charge in [0, 0.05) is 44.6 Å². The maximum Gasteiger partial charge on any atom is 0.324 e. The van der Waals surface area contributed by atoms with Crippen LogP contribution in [0.5, 0.6) is 11.5 Å². The Morgan fingerprint density at radius 1 is 0.731 bits per heavy atom. The molecule has 3 aliphatic rings. The number of urea groups is 1. The standard InChI is InChI=1S/C58H74N8O12/c1-3-4-5-31-78-46-26-22-41(23-27-46)39-16-14-38(15-17-39)40-18-20-42(21-19-40)52(71)61-47-11-7-29-60-54(73)49-32-44(69)34-65(49)55(74)48(10-6-28-59)62-58(77)64(30-8-9-37-12-24-43(68)25-13-37)56(75)50-33-45(70)35-66(50)57(76)51(36(2)67)63-53(47)72/h12-27,36,44-45,47-51,67-70H,3-11,28-35,59H2,1-2H3,(H,60,73)(H,61,71)(H,62,77)(H,63,72)/t36-,44?,45-,47+,48+,49+,50+,51+/m1/s1. The number of aliphatic hydroxyl groups is 3. The highest BCUT2D eigenvalue weighted by Crippen LogP contribution is 2.28. The van der Waals surface area contributed by atoms with Crippen molar-refractivity contribution in [2.24, 2.45) is 5.73 Å². The number of aromatic hydroxyl groups is 1. The van der Waals surface area contributed by atoms with E-state index >= 15 is 0 Å². The summed E-state index contributed by atoms with van der Waals surface area (Å²) in [4.78, 5) is 103. The van der Waals surface area contributed by atoms with Crippen molar-refractivity contribution in [1.29, 1.82) is 0 Å². The first-order valence-electron chi connectivity index (χ1n) is 27.1. The van der Waals surface area contributed by atoms with Crippen LogP contribution in [-0.2, 0) is 30.4 Å². The zero-order chi connectivity index (χ0) is 55.9. The predicted molar refractivity (Wildman–Crippen MR) is 290 cm³/mol. The molecule has 20 heteroatoms. The van der Waals surface area contributed by atoms with Gasteiger partial charge in [0.1, 0.15) is 41.7 Å². The van der Waals surface area contributed by atoms with Crippen LogP contribution in [-0.4, -0.2) is 164 Å². The van der Waals surface area contributed by atoms with Gasteiger partial charge in [-0.25, -0.2) is 4.79 Å². The number of phenolic OH excluding ortho intramolecular Hbond substituents is 1.